The maximum absolute atomic E-state index is 6.31. The van der Waals surface area contributed by atoms with Crippen molar-refractivity contribution in [2.45, 2.75) is 44.6 Å². The molecule has 5 unspecified atom stereocenters. The van der Waals surface area contributed by atoms with Gasteiger partial charge >= 0.3 is 0 Å². The van der Waals surface area contributed by atoms with Crippen molar-refractivity contribution in [3.63, 3.8) is 0 Å². The van der Waals surface area contributed by atoms with E-state index in [1.54, 1.807) is 0 Å². The summed E-state index contributed by atoms with van der Waals surface area (Å²) in [4.78, 5) is 0. The summed E-state index contributed by atoms with van der Waals surface area (Å²) in [6.07, 6.45) is 8.45. The number of rotatable bonds is 3. The minimum Gasteiger partial charge on any atom is -0.381 e. The second-order valence-electron chi connectivity index (χ2n) is 5.96. The van der Waals surface area contributed by atoms with E-state index in [2.05, 4.69) is 0 Å². The Morgan fingerprint density at radius 3 is 2.73 bits per heavy atom. The highest BCUT2D eigenvalue weighted by molar-refractivity contribution is 4.92. The van der Waals surface area contributed by atoms with Crippen LogP contribution in [-0.4, -0.2) is 19.3 Å². The highest BCUT2D eigenvalue weighted by atomic mass is 16.5. The lowest BCUT2D eigenvalue weighted by Crippen LogP contribution is -2.33. The molecule has 2 N–H and O–H groups in total. The molecule has 5 atom stereocenters. The van der Waals surface area contributed by atoms with Crippen molar-refractivity contribution < 1.29 is 4.74 Å². The summed E-state index contributed by atoms with van der Waals surface area (Å²) in [5.41, 5.74) is 6.31. The molecule has 3 aliphatic rings. The minimum atomic E-state index is 0.414. The van der Waals surface area contributed by atoms with E-state index in [0.717, 1.165) is 31.0 Å². The third-order valence-corrected chi connectivity index (χ3v) is 5.03. The molecule has 2 saturated carbocycles. The van der Waals surface area contributed by atoms with Gasteiger partial charge in [-0.2, -0.15) is 0 Å². The number of hydrogen-bond donors (Lipinski definition) is 1. The lowest BCUT2D eigenvalue weighted by Gasteiger charge is -2.27. The summed E-state index contributed by atoms with van der Waals surface area (Å²) in [6.45, 7) is 1.86. The van der Waals surface area contributed by atoms with Crippen molar-refractivity contribution in [1.82, 2.24) is 0 Å². The summed E-state index contributed by atoms with van der Waals surface area (Å²) in [5.74, 6) is 3.71. The van der Waals surface area contributed by atoms with Gasteiger partial charge in [0.1, 0.15) is 0 Å². The molecule has 0 aromatic heterocycles. The van der Waals surface area contributed by atoms with Crippen LogP contribution in [0, 0.1) is 23.7 Å². The Bertz CT molecular complexity index is 225. The van der Waals surface area contributed by atoms with Gasteiger partial charge in [-0.05, 0) is 55.8 Å². The number of hydrogen-bond acceptors (Lipinski definition) is 2. The molecule has 0 aromatic rings. The molecular formula is C13H23NO. The summed E-state index contributed by atoms with van der Waals surface area (Å²) >= 11 is 0. The molecule has 1 saturated heterocycles. The Morgan fingerprint density at radius 1 is 1.20 bits per heavy atom. The maximum Gasteiger partial charge on any atom is 0.0509 e. The van der Waals surface area contributed by atoms with Gasteiger partial charge in [0.15, 0.2) is 0 Å². The Balaban J connectivity index is 1.52. The first kappa shape index (κ1) is 10.1. The SMILES string of the molecule is NC(CC1CC2CCC1C2)C1CCOC1. The van der Waals surface area contributed by atoms with Crippen LogP contribution in [0.3, 0.4) is 0 Å². The van der Waals surface area contributed by atoms with Gasteiger partial charge in [-0.3, -0.25) is 0 Å². The van der Waals surface area contributed by atoms with Gasteiger partial charge in [-0.1, -0.05) is 6.42 Å². The van der Waals surface area contributed by atoms with Crippen molar-refractivity contribution in [1.29, 1.82) is 0 Å². The van der Waals surface area contributed by atoms with Gasteiger partial charge in [0, 0.05) is 12.6 Å². The molecule has 2 nitrogen and oxygen atoms in total. The number of ether oxygens (including phenoxy) is 1. The Morgan fingerprint density at radius 2 is 2.13 bits per heavy atom. The molecule has 3 fully saturated rings. The first-order valence-electron chi connectivity index (χ1n) is 6.66. The second kappa shape index (κ2) is 4.06. The fourth-order valence-corrected chi connectivity index (χ4v) is 4.10. The zero-order valence-electron chi connectivity index (χ0n) is 9.53. The normalized spacial score (nSPS) is 46.2. The fourth-order valence-electron chi connectivity index (χ4n) is 4.10. The standard InChI is InChI=1S/C13H23NO/c14-13(11-3-4-15-8-11)7-12-6-9-1-2-10(12)5-9/h9-13H,1-8,14H2. The van der Waals surface area contributed by atoms with E-state index in [1.807, 2.05) is 0 Å². The van der Waals surface area contributed by atoms with Crippen molar-refractivity contribution in [3.8, 4) is 0 Å². The van der Waals surface area contributed by atoms with Crippen LogP contribution in [0.5, 0.6) is 0 Å². The predicted molar refractivity (Wildman–Crippen MR) is 60.5 cm³/mol. The van der Waals surface area contributed by atoms with Gasteiger partial charge < -0.3 is 10.5 Å². The Labute approximate surface area is 92.6 Å². The van der Waals surface area contributed by atoms with Crippen LogP contribution < -0.4 is 5.73 Å². The molecule has 2 aliphatic carbocycles. The van der Waals surface area contributed by atoms with Crippen molar-refractivity contribution in [2.75, 3.05) is 13.2 Å². The fraction of sp³-hybridized carbons (Fsp3) is 1.00. The third-order valence-electron chi connectivity index (χ3n) is 5.03. The molecule has 3 rings (SSSR count). The van der Waals surface area contributed by atoms with E-state index in [-0.39, 0.29) is 0 Å². The molecule has 0 aromatic carbocycles. The average Bonchev–Trinajstić information content (AvgIpc) is 2.95. The quantitative estimate of drug-likeness (QED) is 0.773. The summed E-state index contributed by atoms with van der Waals surface area (Å²) in [6, 6.07) is 0.414. The summed E-state index contributed by atoms with van der Waals surface area (Å²) < 4.78 is 5.42. The monoisotopic (exact) mass is 209 g/mol. The van der Waals surface area contributed by atoms with Crippen molar-refractivity contribution in [2.24, 2.45) is 29.4 Å². The lowest BCUT2D eigenvalue weighted by molar-refractivity contribution is 0.174. The van der Waals surface area contributed by atoms with E-state index >= 15 is 0 Å². The molecule has 2 bridgehead atoms. The van der Waals surface area contributed by atoms with E-state index in [0.29, 0.717) is 12.0 Å². The highest BCUT2D eigenvalue weighted by Crippen LogP contribution is 2.50. The lowest BCUT2D eigenvalue weighted by atomic mass is 9.81. The average molecular weight is 209 g/mol. The van der Waals surface area contributed by atoms with Crippen LogP contribution >= 0.6 is 0 Å². The van der Waals surface area contributed by atoms with Crippen molar-refractivity contribution in [3.05, 3.63) is 0 Å². The topological polar surface area (TPSA) is 35.2 Å². The molecule has 0 spiro atoms. The van der Waals surface area contributed by atoms with E-state index in [4.69, 9.17) is 10.5 Å². The number of fused-ring (bicyclic) bond motifs is 2. The minimum absolute atomic E-state index is 0.414. The van der Waals surface area contributed by atoms with E-state index in [9.17, 15) is 0 Å². The smallest absolute Gasteiger partial charge is 0.0509 e. The first-order valence-corrected chi connectivity index (χ1v) is 6.66. The van der Waals surface area contributed by atoms with Gasteiger partial charge in [-0.15, -0.1) is 0 Å². The highest BCUT2D eigenvalue weighted by Gasteiger charge is 2.40. The van der Waals surface area contributed by atoms with E-state index in [1.165, 1.54) is 38.5 Å². The predicted octanol–water partition coefficient (Wildman–Crippen LogP) is 2.18. The first-order chi connectivity index (χ1) is 7.33. The molecule has 0 radical (unpaired) electrons. The largest absolute Gasteiger partial charge is 0.381 e. The van der Waals surface area contributed by atoms with Gasteiger partial charge in [0.05, 0.1) is 6.61 Å². The van der Waals surface area contributed by atoms with Gasteiger partial charge in [0.25, 0.3) is 0 Å². The Kier molecular flexibility index (Phi) is 2.73. The zero-order chi connectivity index (χ0) is 10.3. The Hall–Kier alpha value is -0.0800. The molecule has 15 heavy (non-hydrogen) atoms. The van der Waals surface area contributed by atoms with Crippen LogP contribution in [0.1, 0.15) is 38.5 Å². The molecule has 86 valence electrons. The summed E-state index contributed by atoms with van der Waals surface area (Å²) in [5, 5.41) is 0. The van der Waals surface area contributed by atoms with Crippen LogP contribution in [0.15, 0.2) is 0 Å². The van der Waals surface area contributed by atoms with Gasteiger partial charge in [-0.25, -0.2) is 0 Å². The van der Waals surface area contributed by atoms with Crippen LogP contribution in [0.25, 0.3) is 0 Å². The molecule has 1 heterocycles. The van der Waals surface area contributed by atoms with Crippen LogP contribution in [-0.2, 0) is 4.74 Å². The molecule has 1 aliphatic heterocycles. The number of nitrogens with two attached hydrogens (primary N) is 1. The van der Waals surface area contributed by atoms with Crippen LogP contribution in [0.2, 0.25) is 0 Å². The molecular weight excluding hydrogens is 186 g/mol. The maximum atomic E-state index is 6.31. The van der Waals surface area contributed by atoms with Crippen molar-refractivity contribution >= 4 is 0 Å². The zero-order valence-corrected chi connectivity index (χ0v) is 9.53. The molecule has 0 amide bonds. The summed E-state index contributed by atoms with van der Waals surface area (Å²) in [7, 11) is 0. The van der Waals surface area contributed by atoms with Crippen LogP contribution in [0.4, 0.5) is 0 Å². The van der Waals surface area contributed by atoms with Gasteiger partial charge in [0.2, 0.25) is 0 Å². The molecule has 2 heteroatoms. The third kappa shape index (κ3) is 1.94. The van der Waals surface area contributed by atoms with E-state index < -0.39 is 0 Å². The second-order valence-corrected chi connectivity index (χ2v) is 5.96.